The summed E-state index contributed by atoms with van der Waals surface area (Å²) in [5, 5.41) is 8.77. The highest BCUT2D eigenvalue weighted by Crippen LogP contribution is 2.07. The Bertz CT molecular complexity index is 88.1. The van der Waals surface area contributed by atoms with E-state index in [1.807, 2.05) is 0 Å². The lowest BCUT2D eigenvalue weighted by molar-refractivity contribution is 0.130. The predicted molar refractivity (Wildman–Crippen MR) is 26.0 cm³/mol. The van der Waals surface area contributed by atoms with E-state index < -0.39 is 6.10 Å². The van der Waals surface area contributed by atoms with Gasteiger partial charge in [0, 0.05) is 0 Å². The van der Waals surface area contributed by atoms with Gasteiger partial charge >= 0.3 is 0 Å². The zero-order valence-electron chi connectivity index (χ0n) is 4.05. The summed E-state index contributed by atoms with van der Waals surface area (Å²) in [5.41, 5.74) is 0.792. The summed E-state index contributed by atoms with van der Waals surface area (Å²) >= 11 is 0. The summed E-state index contributed by atoms with van der Waals surface area (Å²) in [6.45, 7) is 4.52. The fourth-order valence-corrected chi connectivity index (χ4v) is 0.516. The molecule has 0 aromatic rings. The Hall–Kier alpha value is -0.340. The first kappa shape index (κ1) is 4.81. The largest absolute Gasteiger partial charge is 0.386 e. The summed E-state index contributed by atoms with van der Waals surface area (Å²) in [5.74, 6) is 0. The molecule has 0 saturated carbocycles. The maximum Gasteiger partial charge on any atom is 0.100 e. The average Bonchev–Trinajstić information content (AvgIpc) is 1.91. The first-order chi connectivity index (χ1) is 3.30. The monoisotopic (exact) mass is 100 g/mol. The van der Waals surface area contributed by atoms with Gasteiger partial charge in [-0.2, -0.15) is 0 Å². The molecular weight excluding hydrogens is 92.1 g/mol. The Balaban J connectivity index is 2.48. The minimum Gasteiger partial charge on any atom is -0.386 e. The number of ether oxygens (including phenoxy) is 1. The normalized spacial score (nSPS) is 31.6. The van der Waals surface area contributed by atoms with Crippen LogP contribution in [0.25, 0.3) is 0 Å². The SMILES string of the molecule is C=C1COCC1O. The maximum absolute atomic E-state index is 8.77. The molecule has 0 amide bonds. The van der Waals surface area contributed by atoms with Crippen LogP contribution in [0.2, 0.25) is 0 Å². The molecule has 1 aliphatic rings. The number of hydrogen-bond acceptors (Lipinski definition) is 2. The van der Waals surface area contributed by atoms with E-state index in [1.165, 1.54) is 0 Å². The van der Waals surface area contributed by atoms with Crippen LogP contribution in [0.15, 0.2) is 12.2 Å². The molecule has 0 spiro atoms. The second kappa shape index (κ2) is 1.64. The molecule has 1 rings (SSSR count). The van der Waals surface area contributed by atoms with Gasteiger partial charge in [0.2, 0.25) is 0 Å². The lowest BCUT2D eigenvalue weighted by Gasteiger charge is -1.93. The Labute approximate surface area is 42.4 Å². The smallest absolute Gasteiger partial charge is 0.100 e. The van der Waals surface area contributed by atoms with Crippen molar-refractivity contribution in [3.63, 3.8) is 0 Å². The van der Waals surface area contributed by atoms with Gasteiger partial charge in [-0.05, 0) is 5.57 Å². The summed E-state index contributed by atoms with van der Waals surface area (Å²) in [6, 6.07) is 0. The predicted octanol–water partition coefficient (Wildman–Crippen LogP) is -0.0663. The van der Waals surface area contributed by atoms with Gasteiger partial charge in [-0.3, -0.25) is 0 Å². The van der Waals surface area contributed by atoms with Crippen molar-refractivity contribution in [3.05, 3.63) is 12.2 Å². The first-order valence-corrected chi connectivity index (χ1v) is 2.24. The van der Waals surface area contributed by atoms with Crippen molar-refractivity contribution in [2.45, 2.75) is 6.10 Å². The van der Waals surface area contributed by atoms with E-state index in [0.29, 0.717) is 13.2 Å². The van der Waals surface area contributed by atoms with E-state index >= 15 is 0 Å². The lowest BCUT2D eigenvalue weighted by atomic mass is 10.2. The van der Waals surface area contributed by atoms with Crippen LogP contribution >= 0.6 is 0 Å². The molecule has 2 heteroatoms. The molecule has 1 saturated heterocycles. The van der Waals surface area contributed by atoms with Crippen molar-refractivity contribution in [1.29, 1.82) is 0 Å². The third-order valence-electron chi connectivity index (χ3n) is 1.03. The number of rotatable bonds is 0. The van der Waals surface area contributed by atoms with Gasteiger partial charge in [0.15, 0.2) is 0 Å². The lowest BCUT2D eigenvalue weighted by Crippen LogP contribution is -2.05. The second-order valence-electron chi connectivity index (χ2n) is 1.69. The highest BCUT2D eigenvalue weighted by atomic mass is 16.5. The van der Waals surface area contributed by atoms with Crippen molar-refractivity contribution in [3.8, 4) is 0 Å². The van der Waals surface area contributed by atoms with Gasteiger partial charge in [-0.1, -0.05) is 6.58 Å². The van der Waals surface area contributed by atoms with Crippen LogP contribution in [0.1, 0.15) is 0 Å². The minimum atomic E-state index is -0.403. The molecule has 1 heterocycles. The molecule has 1 unspecified atom stereocenters. The first-order valence-electron chi connectivity index (χ1n) is 2.24. The fraction of sp³-hybridized carbons (Fsp3) is 0.600. The van der Waals surface area contributed by atoms with Gasteiger partial charge in [0.05, 0.1) is 13.2 Å². The van der Waals surface area contributed by atoms with Crippen LogP contribution in [0, 0.1) is 0 Å². The van der Waals surface area contributed by atoms with Crippen LogP contribution in [0.5, 0.6) is 0 Å². The van der Waals surface area contributed by atoms with Gasteiger partial charge in [0.1, 0.15) is 6.10 Å². The van der Waals surface area contributed by atoms with Crippen molar-refractivity contribution < 1.29 is 9.84 Å². The number of aliphatic hydroxyl groups excluding tert-OH is 1. The zero-order chi connectivity index (χ0) is 5.28. The van der Waals surface area contributed by atoms with Crippen molar-refractivity contribution >= 4 is 0 Å². The van der Waals surface area contributed by atoms with Crippen molar-refractivity contribution in [1.82, 2.24) is 0 Å². The van der Waals surface area contributed by atoms with Gasteiger partial charge in [0.25, 0.3) is 0 Å². The minimum absolute atomic E-state index is 0.403. The molecule has 1 aliphatic heterocycles. The van der Waals surface area contributed by atoms with Crippen molar-refractivity contribution in [2.75, 3.05) is 13.2 Å². The zero-order valence-corrected chi connectivity index (χ0v) is 4.05. The number of aliphatic hydroxyl groups is 1. The third-order valence-corrected chi connectivity index (χ3v) is 1.03. The summed E-state index contributed by atoms with van der Waals surface area (Å²) < 4.78 is 4.82. The van der Waals surface area contributed by atoms with E-state index in [0.717, 1.165) is 5.57 Å². The molecule has 1 atom stereocenters. The molecule has 2 nitrogen and oxygen atoms in total. The average molecular weight is 100 g/mol. The molecule has 1 N–H and O–H groups in total. The van der Waals surface area contributed by atoms with Crippen LogP contribution < -0.4 is 0 Å². The molecule has 1 fully saturated rings. The van der Waals surface area contributed by atoms with Crippen molar-refractivity contribution in [2.24, 2.45) is 0 Å². The molecule has 0 radical (unpaired) electrons. The highest BCUT2D eigenvalue weighted by Gasteiger charge is 2.15. The Kier molecular flexibility index (Phi) is 1.13. The molecule has 40 valence electrons. The summed E-state index contributed by atoms with van der Waals surface area (Å²) in [7, 11) is 0. The molecule has 0 aromatic heterocycles. The molecule has 7 heavy (non-hydrogen) atoms. The topological polar surface area (TPSA) is 29.5 Å². The highest BCUT2D eigenvalue weighted by molar-refractivity contribution is 5.05. The van der Waals surface area contributed by atoms with E-state index in [9.17, 15) is 0 Å². The van der Waals surface area contributed by atoms with Gasteiger partial charge in [-0.25, -0.2) is 0 Å². The fourth-order valence-electron chi connectivity index (χ4n) is 0.516. The van der Waals surface area contributed by atoms with E-state index in [4.69, 9.17) is 9.84 Å². The van der Waals surface area contributed by atoms with Gasteiger partial charge < -0.3 is 9.84 Å². The maximum atomic E-state index is 8.77. The summed E-state index contributed by atoms with van der Waals surface area (Å²) in [4.78, 5) is 0. The molecule has 0 bridgehead atoms. The molecular formula is C5H8O2. The number of hydrogen-bond donors (Lipinski definition) is 1. The Morgan fingerprint density at radius 3 is 2.71 bits per heavy atom. The van der Waals surface area contributed by atoms with E-state index in [1.54, 1.807) is 0 Å². The summed E-state index contributed by atoms with van der Waals surface area (Å²) in [6.07, 6.45) is -0.403. The van der Waals surface area contributed by atoms with E-state index in [2.05, 4.69) is 6.58 Å². The van der Waals surface area contributed by atoms with Crippen LogP contribution in [-0.4, -0.2) is 24.4 Å². The van der Waals surface area contributed by atoms with Crippen LogP contribution in [0.3, 0.4) is 0 Å². The standard InChI is InChI=1S/C5H8O2/c1-4-2-7-3-5(4)6/h5-6H,1-3H2. The Morgan fingerprint density at radius 2 is 2.57 bits per heavy atom. The second-order valence-corrected chi connectivity index (χ2v) is 1.69. The van der Waals surface area contributed by atoms with E-state index in [-0.39, 0.29) is 0 Å². The van der Waals surface area contributed by atoms with Crippen LogP contribution in [-0.2, 0) is 4.74 Å². The van der Waals surface area contributed by atoms with Gasteiger partial charge in [-0.15, -0.1) is 0 Å². The van der Waals surface area contributed by atoms with Crippen LogP contribution in [0.4, 0.5) is 0 Å². The Morgan fingerprint density at radius 1 is 1.86 bits per heavy atom. The molecule has 0 aromatic carbocycles. The molecule has 0 aliphatic carbocycles. The third kappa shape index (κ3) is 0.813. The quantitative estimate of drug-likeness (QED) is 0.432.